The molecule has 12 heteroatoms. The highest BCUT2D eigenvalue weighted by Crippen LogP contribution is 2.37. The highest BCUT2D eigenvalue weighted by molar-refractivity contribution is 5.57. The fourth-order valence-corrected chi connectivity index (χ4v) is 3.98. The molecule has 33 heavy (non-hydrogen) atoms. The molecule has 1 saturated heterocycles. The van der Waals surface area contributed by atoms with Crippen LogP contribution < -0.4 is 0 Å². The normalized spacial score (nSPS) is 25.5. The minimum Gasteiger partial charge on any atom is -0.393 e. The molecule has 2 N–H and O–H groups in total. The van der Waals surface area contributed by atoms with Gasteiger partial charge in [-0.3, -0.25) is 0 Å². The third kappa shape index (κ3) is 4.26. The largest absolute Gasteiger partial charge is 0.393 e. The van der Waals surface area contributed by atoms with Gasteiger partial charge >= 0.3 is 0 Å². The van der Waals surface area contributed by atoms with Crippen molar-refractivity contribution in [2.75, 3.05) is 20.3 Å². The lowest BCUT2D eigenvalue weighted by atomic mass is 9.83. The molecule has 1 aromatic carbocycles. The maximum absolute atomic E-state index is 13.7. The first-order valence-electron chi connectivity index (χ1n) is 10.3. The highest BCUT2D eigenvalue weighted by atomic mass is 19.2. The number of methoxy groups -OCH3 is 1. The summed E-state index contributed by atoms with van der Waals surface area (Å²) < 4.78 is 58.5. The average Bonchev–Trinajstić information content (AvgIpc) is 3.48. The van der Waals surface area contributed by atoms with E-state index in [4.69, 9.17) is 14.0 Å². The van der Waals surface area contributed by atoms with Crippen molar-refractivity contribution in [3.05, 3.63) is 53.3 Å². The number of aryl methyl sites for hydroxylation is 1. The lowest BCUT2D eigenvalue weighted by molar-refractivity contribution is -0.231. The van der Waals surface area contributed by atoms with Crippen LogP contribution in [0.4, 0.5) is 13.2 Å². The molecule has 0 aliphatic carbocycles. The van der Waals surface area contributed by atoms with Gasteiger partial charge in [-0.15, -0.1) is 5.10 Å². The van der Waals surface area contributed by atoms with Gasteiger partial charge < -0.3 is 24.2 Å². The predicted octanol–water partition coefficient (Wildman–Crippen LogP) is 1.83. The Bertz CT molecular complexity index is 1100. The standard InChI is InChI=1S/C21H23F3N4O5/c1-3-12-6-13(33-26-12)7-21(10-29)20(30)19(17(31-2)9-32-21)28-8-16(25-27-28)11-4-14(22)18(24)15(23)5-11/h4-6,8,17,19-20,29-30H,3,7,9-10H2,1-2H3. The van der Waals surface area contributed by atoms with Crippen molar-refractivity contribution in [3.63, 3.8) is 0 Å². The van der Waals surface area contributed by atoms with Gasteiger partial charge in [-0.25, -0.2) is 17.9 Å². The second-order valence-electron chi connectivity index (χ2n) is 7.90. The topological polar surface area (TPSA) is 116 Å². The minimum absolute atomic E-state index is 0.00254. The summed E-state index contributed by atoms with van der Waals surface area (Å²) in [7, 11) is 1.42. The summed E-state index contributed by atoms with van der Waals surface area (Å²) >= 11 is 0. The van der Waals surface area contributed by atoms with Crippen LogP contribution >= 0.6 is 0 Å². The zero-order valence-corrected chi connectivity index (χ0v) is 17.9. The number of aliphatic hydroxyl groups excluding tert-OH is 2. The first-order chi connectivity index (χ1) is 15.8. The van der Waals surface area contributed by atoms with E-state index >= 15 is 0 Å². The Kier molecular flexibility index (Phi) is 6.52. The summed E-state index contributed by atoms with van der Waals surface area (Å²) in [5.74, 6) is -3.89. The van der Waals surface area contributed by atoms with Crippen LogP contribution in [-0.2, 0) is 22.3 Å². The van der Waals surface area contributed by atoms with E-state index in [1.165, 1.54) is 18.0 Å². The van der Waals surface area contributed by atoms with E-state index in [0.717, 1.165) is 17.8 Å². The number of aliphatic hydroxyl groups is 2. The molecule has 0 bridgehead atoms. The Labute approximate surface area is 186 Å². The summed E-state index contributed by atoms with van der Waals surface area (Å²) in [6.45, 7) is 1.37. The maximum atomic E-state index is 13.7. The van der Waals surface area contributed by atoms with Crippen LogP contribution in [0, 0.1) is 17.5 Å². The molecule has 4 atom stereocenters. The van der Waals surface area contributed by atoms with E-state index < -0.39 is 47.9 Å². The highest BCUT2D eigenvalue weighted by Gasteiger charge is 2.52. The van der Waals surface area contributed by atoms with Crippen LogP contribution in [0.15, 0.2) is 28.9 Å². The minimum atomic E-state index is -1.59. The van der Waals surface area contributed by atoms with E-state index in [9.17, 15) is 23.4 Å². The number of nitrogens with zero attached hydrogens (tertiary/aromatic N) is 4. The van der Waals surface area contributed by atoms with Crippen LogP contribution in [0.1, 0.15) is 24.4 Å². The van der Waals surface area contributed by atoms with Gasteiger partial charge in [0.25, 0.3) is 0 Å². The lowest BCUT2D eigenvalue weighted by Crippen LogP contribution is -2.61. The Morgan fingerprint density at radius 3 is 2.58 bits per heavy atom. The van der Waals surface area contributed by atoms with Crippen LogP contribution in [-0.4, -0.2) is 68.5 Å². The van der Waals surface area contributed by atoms with Gasteiger partial charge in [0.2, 0.25) is 0 Å². The first-order valence-corrected chi connectivity index (χ1v) is 10.3. The van der Waals surface area contributed by atoms with Gasteiger partial charge in [0.05, 0.1) is 25.1 Å². The molecular weight excluding hydrogens is 445 g/mol. The number of hydrogen-bond donors (Lipinski definition) is 2. The lowest BCUT2D eigenvalue weighted by Gasteiger charge is -2.46. The molecule has 9 nitrogen and oxygen atoms in total. The quantitative estimate of drug-likeness (QED) is 0.505. The van der Waals surface area contributed by atoms with Crippen molar-refractivity contribution in [3.8, 4) is 11.3 Å². The third-order valence-electron chi connectivity index (χ3n) is 5.89. The van der Waals surface area contributed by atoms with Crippen molar-refractivity contribution >= 4 is 0 Å². The van der Waals surface area contributed by atoms with Crippen LogP contribution in [0.25, 0.3) is 11.3 Å². The summed E-state index contributed by atoms with van der Waals surface area (Å²) in [6.07, 6.45) is 0.00748. The van der Waals surface area contributed by atoms with Crippen LogP contribution in [0.5, 0.6) is 0 Å². The van der Waals surface area contributed by atoms with E-state index in [2.05, 4.69) is 15.5 Å². The Hall–Kier alpha value is -2.80. The monoisotopic (exact) mass is 468 g/mol. The molecule has 2 aromatic heterocycles. The van der Waals surface area contributed by atoms with Crippen LogP contribution in [0.3, 0.4) is 0 Å². The number of halogens is 3. The van der Waals surface area contributed by atoms with Gasteiger partial charge in [0, 0.05) is 25.2 Å². The van der Waals surface area contributed by atoms with Crippen LogP contribution in [0.2, 0.25) is 0 Å². The Balaban J connectivity index is 1.66. The zero-order valence-electron chi connectivity index (χ0n) is 17.9. The fourth-order valence-electron chi connectivity index (χ4n) is 3.98. The van der Waals surface area contributed by atoms with Gasteiger partial charge in [0.1, 0.15) is 35.3 Å². The molecule has 4 unspecified atom stereocenters. The summed E-state index contributed by atoms with van der Waals surface area (Å²) in [5, 5.41) is 33.3. The number of rotatable bonds is 7. The van der Waals surface area contributed by atoms with Crippen molar-refractivity contribution < 1.29 is 37.4 Å². The number of benzene rings is 1. The van der Waals surface area contributed by atoms with E-state index in [1.54, 1.807) is 6.07 Å². The molecule has 1 fully saturated rings. The molecule has 0 radical (unpaired) electrons. The molecular formula is C21H23F3N4O5. The van der Waals surface area contributed by atoms with E-state index in [-0.39, 0.29) is 24.3 Å². The zero-order chi connectivity index (χ0) is 23.8. The molecule has 1 aliphatic rings. The van der Waals surface area contributed by atoms with Crippen molar-refractivity contribution in [1.29, 1.82) is 0 Å². The molecule has 178 valence electrons. The molecule has 0 amide bonds. The second kappa shape index (κ2) is 9.21. The molecule has 0 spiro atoms. The van der Waals surface area contributed by atoms with Crippen molar-refractivity contribution in [2.24, 2.45) is 0 Å². The Morgan fingerprint density at radius 1 is 1.24 bits per heavy atom. The van der Waals surface area contributed by atoms with Gasteiger partial charge in [0.15, 0.2) is 17.5 Å². The smallest absolute Gasteiger partial charge is 0.194 e. The number of ether oxygens (including phenoxy) is 2. The molecule has 0 saturated carbocycles. The first kappa shape index (κ1) is 23.4. The van der Waals surface area contributed by atoms with Gasteiger partial charge in [-0.2, -0.15) is 0 Å². The summed E-state index contributed by atoms with van der Waals surface area (Å²) in [5.41, 5.74) is -0.715. The Morgan fingerprint density at radius 2 is 1.97 bits per heavy atom. The van der Waals surface area contributed by atoms with E-state index in [0.29, 0.717) is 12.2 Å². The molecule has 4 rings (SSSR count). The van der Waals surface area contributed by atoms with Gasteiger partial charge in [-0.05, 0) is 18.6 Å². The fraction of sp³-hybridized carbons (Fsp3) is 0.476. The second-order valence-corrected chi connectivity index (χ2v) is 7.90. The SMILES string of the molecule is CCc1cc(CC2(CO)OCC(OC)C(n3cc(-c4cc(F)c(F)c(F)c4)nn3)C2O)on1. The molecule has 3 aromatic rings. The number of hydrogen-bond acceptors (Lipinski definition) is 8. The number of aromatic nitrogens is 4. The molecule has 3 heterocycles. The van der Waals surface area contributed by atoms with Crippen molar-refractivity contribution in [1.82, 2.24) is 20.2 Å². The average molecular weight is 468 g/mol. The summed E-state index contributed by atoms with van der Waals surface area (Å²) in [6, 6.07) is 2.44. The maximum Gasteiger partial charge on any atom is 0.194 e. The van der Waals surface area contributed by atoms with Gasteiger partial charge in [-0.1, -0.05) is 17.3 Å². The van der Waals surface area contributed by atoms with E-state index in [1.807, 2.05) is 6.92 Å². The predicted molar refractivity (Wildman–Crippen MR) is 107 cm³/mol. The molecule has 1 aliphatic heterocycles. The summed E-state index contributed by atoms with van der Waals surface area (Å²) in [4.78, 5) is 0. The third-order valence-corrected chi connectivity index (χ3v) is 5.89. The van der Waals surface area contributed by atoms with Crippen molar-refractivity contribution in [2.45, 2.75) is 43.6 Å².